The highest BCUT2D eigenvalue weighted by atomic mass is 16.5. The molecule has 7 nitrogen and oxygen atoms in total. The van der Waals surface area contributed by atoms with Crippen LogP contribution in [-0.4, -0.2) is 39.3 Å². The average Bonchev–Trinajstić information content (AvgIpc) is 2.62. The molecule has 0 atom stereocenters. The number of rotatable bonds is 7. The molecule has 0 aliphatic rings. The number of amides is 3. The number of ether oxygens (including phenoxy) is 2. The Balaban J connectivity index is 2.09. The highest BCUT2D eigenvalue weighted by Crippen LogP contribution is 2.21. The zero-order chi connectivity index (χ0) is 18.1. The normalized spacial score (nSPS) is 10.0. The van der Waals surface area contributed by atoms with Crippen molar-refractivity contribution in [3.63, 3.8) is 0 Å². The Kier molecular flexibility index (Phi) is 6.79. The summed E-state index contributed by atoms with van der Waals surface area (Å²) in [6, 6.07) is 13.5. The molecule has 0 aliphatic carbocycles. The van der Waals surface area contributed by atoms with Crippen molar-refractivity contribution in [1.82, 2.24) is 5.32 Å². The van der Waals surface area contributed by atoms with Gasteiger partial charge in [0.15, 0.2) is 0 Å². The van der Waals surface area contributed by atoms with E-state index in [0.717, 1.165) is 0 Å². The first kappa shape index (κ1) is 18.3. The Morgan fingerprint density at radius 3 is 2.40 bits per heavy atom. The van der Waals surface area contributed by atoms with Gasteiger partial charge in [0, 0.05) is 25.5 Å². The molecule has 0 saturated heterocycles. The van der Waals surface area contributed by atoms with Crippen LogP contribution < -0.4 is 20.7 Å². The van der Waals surface area contributed by atoms with Gasteiger partial charge in [0.1, 0.15) is 12.4 Å². The van der Waals surface area contributed by atoms with E-state index in [1.165, 1.54) is 7.05 Å². The number of methoxy groups -OCH3 is 1. The summed E-state index contributed by atoms with van der Waals surface area (Å²) in [4.78, 5) is 23.9. The molecule has 0 saturated carbocycles. The van der Waals surface area contributed by atoms with Gasteiger partial charge in [-0.25, -0.2) is 4.79 Å². The van der Waals surface area contributed by atoms with E-state index in [2.05, 4.69) is 16.0 Å². The van der Waals surface area contributed by atoms with E-state index in [-0.39, 0.29) is 11.9 Å². The van der Waals surface area contributed by atoms with Crippen LogP contribution in [0.5, 0.6) is 5.75 Å². The number of carbonyl (C=O) groups is 2. The lowest BCUT2D eigenvalue weighted by atomic mass is 10.1. The second kappa shape index (κ2) is 9.29. The first-order valence-corrected chi connectivity index (χ1v) is 7.75. The number of urea groups is 1. The summed E-state index contributed by atoms with van der Waals surface area (Å²) >= 11 is 0. The molecule has 0 bridgehead atoms. The number of benzene rings is 2. The summed E-state index contributed by atoms with van der Waals surface area (Å²) in [5.74, 6) is 0.182. The molecule has 0 unspecified atom stereocenters. The summed E-state index contributed by atoms with van der Waals surface area (Å²) < 4.78 is 10.5. The van der Waals surface area contributed by atoms with Crippen molar-refractivity contribution in [1.29, 1.82) is 0 Å². The minimum absolute atomic E-state index is 0.301. The van der Waals surface area contributed by atoms with Crippen LogP contribution in [0, 0.1) is 0 Å². The fourth-order valence-electron chi connectivity index (χ4n) is 2.08. The predicted octanol–water partition coefficient (Wildman–Crippen LogP) is 2.72. The number of hydrogen-bond acceptors (Lipinski definition) is 4. The first-order chi connectivity index (χ1) is 12.1. The van der Waals surface area contributed by atoms with E-state index in [9.17, 15) is 9.59 Å². The standard InChI is InChI=1S/C18H21N3O4/c1-19-18(23)21-14-7-5-6-13(12-14)20-17(22)15-8-3-4-9-16(15)25-11-10-24-2/h3-9,12H,10-11H2,1-2H3,(H,20,22)(H2,19,21,23). The van der Waals surface area contributed by atoms with Crippen molar-refractivity contribution in [3.8, 4) is 5.75 Å². The van der Waals surface area contributed by atoms with Gasteiger partial charge in [0.25, 0.3) is 5.91 Å². The zero-order valence-electron chi connectivity index (χ0n) is 14.2. The maximum absolute atomic E-state index is 12.5. The molecule has 0 heterocycles. The van der Waals surface area contributed by atoms with E-state index in [0.29, 0.717) is 35.9 Å². The van der Waals surface area contributed by atoms with Crippen LogP contribution in [0.2, 0.25) is 0 Å². The summed E-state index contributed by atoms with van der Waals surface area (Å²) in [7, 11) is 3.11. The molecule has 0 aliphatic heterocycles. The monoisotopic (exact) mass is 343 g/mol. The molecule has 0 aromatic heterocycles. The Labute approximate surface area is 146 Å². The molecule has 0 radical (unpaired) electrons. The van der Waals surface area contributed by atoms with Crippen LogP contribution in [0.25, 0.3) is 0 Å². The fraction of sp³-hybridized carbons (Fsp3) is 0.222. The average molecular weight is 343 g/mol. The van der Waals surface area contributed by atoms with Crippen LogP contribution in [-0.2, 0) is 4.74 Å². The van der Waals surface area contributed by atoms with E-state index >= 15 is 0 Å². The Bertz CT molecular complexity index is 734. The number of para-hydroxylation sites is 1. The zero-order valence-corrected chi connectivity index (χ0v) is 14.2. The molecule has 132 valence electrons. The SMILES string of the molecule is CNC(=O)Nc1cccc(NC(=O)c2ccccc2OCCOC)c1. The van der Waals surface area contributed by atoms with E-state index < -0.39 is 0 Å². The van der Waals surface area contributed by atoms with Crippen molar-refractivity contribution in [3.05, 3.63) is 54.1 Å². The van der Waals surface area contributed by atoms with Gasteiger partial charge in [0.05, 0.1) is 12.2 Å². The first-order valence-electron chi connectivity index (χ1n) is 7.75. The molecule has 2 aromatic carbocycles. The van der Waals surface area contributed by atoms with Crippen LogP contribution in [0.1, 0.15) is 10.4 Å². The lowest BCUT2D eigenvalue weighted by Gasteiger charge is -2.12. The summed E-state index contributed by atoms with van der Waals surface area (Å²) in [5, 5.41) is 7.92. The third kappa shape index (κ3) is 5.50. The van der Waals surface area contributed by atoms with Crippen molar-refractivity contribution < 1.29 is 19.1 Å². The summed E-state index contributed by atoms with van der Waals surface area (Å²) in [5.41, 5.74) is 1.55. The molecule has 3 N–H and O–H groups in total. The van der Waals surface area contributed by atoms with Crippen LogP contribution in [0.3, 0.4) is 0 Å². The minimum atomic E-state index is -0.333. The Morgan fingerprint density at radius 2 is 1.68 bits per heavy atom. The number of hydrogen-bond donors (Lipinski definition) is 3. The Hall–Kier alpha value is -3.06. The maximum Gasteiger partial charge on any atom is 0.318 e. The van der Waals surface area contributed by atoms with Gasteiger partial charge < -0.3 is 25.4 Å². The quantitative estimate of drug-likeness (QED) is 0.675. The van der Waals surface area contributed by atoms with Gasteiger partial charge in [-0.3, -0.25) is 4.79 Å². The topological polar surface area (TPSA) is 88.7 Å². The Morgan fingerprint density at radius 1 is 0.960 bits per heavy atom. The number of carbonyl (C=O) groups excluding carboxylic acids is 2. The van der Waals surface area contributed by atoms with E-state index in [4.69, 9.17) is 9.47 Å². The van der Waals surface area contributed by atoms with Crippen LogP contribution in [0.4, 0.5) is 16.2 Å². The smallest absolute Gasteiger partial charge is 0.318 e. The predicted molar refractivity (Wildman–Crippen MR) is 96.3 cm³/mol. The van der Waals surface area contributed by atoms with Gasteiger partial charge in [-0.2, -0.15) is 0 Å². The summed E-state index contributed by atoms with van der Waals surface area (Å²) in [6.07, 6.45) is 0. The largest absolute Gasteiger partial charge is 0.490 e. The highest BCUT2D eigenvalue weighted by Gasteiger charge is 2.12. The highest BCUT2D eigenvalue weighted by molar-refractivity contribution is 6.06. The van der Waals surface area contributed by atoms with Crippen LogP contribution in [0.15, 0.2) is 48.5 Å². The number of nitrogens with one attached hydrogen (secondary N) is 3. The second-order valence-electron chi connectivity index (χ2n) is 5.08. The minimum Gasteiger partial charge on any atom is -0.490 e. The third-order valence-corrected chi connectivity index (χ3v) is 3.28. The summed E-state index contributed by atoms with van der Waals surface area (Å²) in [6.45, 7) is 0.787. The van der Waals surface area contributed by atoms with Gasteiger partial charge in [-0.15, -0.1) is 0 Å². The lowest BCUT2D eigenvalue weighted by Crippen LogP contribution is -2.24. The van der Waals surface area contributed by atoms with Gasteiger partial charge >= 0.3 is 6.03 Å². The fourth-order valence-corrected chi connectivity index (χ4v) is 2.08. The van der Waals surface area contributed by atoms with Gasteiger partial charge in [-0.1, -0.05) is 18.2 Å². The molecular formula is C18H21N3O4. The van der Waals surface area contributed by atoms with Crippen molar-refractivity contribution in [2.24, 2.45) is 0 Å². The molecule has 25 heavy (non-hydrogen) atoms. The van der Waals surface area contributed by atoms with Gasteiger partial charge in [0.2, 0.25) is 0 Å². The molecule has 7 heteroatoms. The molecular weight excluding hydrogens is 322 g/mol. The van der Waals surface area contributed by atoms with Crippen molar-refractivity contribution in [2.75, 3.05) is 38.0 Å². The molecule has 3 amide bonds. The third-order valence-electron chi connectivity index (χ3n) is 3.28. The van der Waals surface area contributed by atoms with E-state index in [1.807, 2.05) is 0 Å². The number of anilines is 2. The van der Waals surface area contributed by atoms with E-state index in [1.54, 1.807) is 55.6 Å². The maximum atomic E-state index is 12.5. The van der Waals surface area contributed by atoms with Gasteiger partial charge in [-0.05, 0) is 30.3 Å². The molecule has 0 spiro atoms. The second-order valence-corrected chi connectivity index (χ2v) is 5.08. The molecule has 2 rings (SSSR count). The molecule has 0 fully saturated rings. The molecule has 2 aromatic rings. The van der Waals surface area contributed by atoms with Crippen molar-refractivity contribution in [2.45, 2.75) is 0 Å². The van der Waals surface area contributed by atoms with Crippen molar-refractivity contribution >= 4 is 23.3 Å². The van der Waals surface area contributed by atoms with Crippen LogP contribution >= 0.6 is 0 Å². The lowest BCUT2D eigenvalue weighted by molar-refractivity contribution is 0.101.